The summed E-state index contributed by atoms with van der Waals surface area (Å²) < 4.78 is 52.6. The Balaban J connectivity index is 0.000000301. The normalized spacial score (nSPS) is 14.7. The smallest absolute Gasteiger partial charge is 0.454 e. The van der Waals surface area contributed by atoms with Gasteiger partial charge in [0.2, 0.25) is 6.79 Å². The zero-order valence-corrected chi connectivity index (χ0v) is 19.1. The van der Waals surface area contributed by atoms with Crippen LogP contribution in [0.2, 0.25) is 0 Å². The number of ketones is 1. The third kappa shape index (κ3) is 6.57. The molecule has 1 heterocycles. The Morgan fingerprint density at radius 3 is 2.17 bits per heavy atom. The fourth-order valence-electron chi connectivity index (χ4n) is 3.74. The van der Waals surface area contributed by atoms with E-state index in [1.807, 2.05) is 31.2 Å². The van der Waals surface area contributed by atoms with Gasteiger partial charge in [-0.05, 0) is 53.8 Å². The highest BCUT2D eigenvalue weighted by Crippen LogP contribution is 2.46. The first-order valence-corrected chi connectivity index (χ1v) is 11.1. The molecule has 0 radical (unpaired) electrons. The van der Waals surface area contributed by atoms with Crippen molar-refractivity contribution in [2.45, 2.75) is 46.6 Å². The molecule has 8 heteroatoms. The lowest BCUT2D eigenvalue weighted by Gasteiger charge is -2.17. The van der Waals surface area contributed by atoms with Gasteiger partial charge in [0.05, 0.1) is 6.61 Å². The predicted octanol–water partition coefficient (Wildman–Crippen LogP) is 6.71. The molecule has 192 valence electrons. The molecule has 1 N–H and O–H groups in total. The molecule has 0 bridgehead atoms. The number of Topliss-reactive ketones (excluding diaryl/α,β-unsaturated/α-hetero) is 1. The third-order valence-corrected chi connectivity index (χ3v) is 6.06. The van der Waals surface area contributed by atoms with Crippen molar-refractivity contribution in [1.82, 2.24) is 0 Å². The summed E-state index contributed by atoms with van der Waals surface area (Å²) in [5.41, 5.74) is 1.46. The predicted molar refractivity (Wildman–Crippen MR) is 130 cm³/mol. The molecule has 0 atom stereocenters. The standard InChI is InChI=1S/C20H19F3O3.C7H6O2.CH4/c1-19(8-9-19)18(25)11-13-6-7-17(26-20(21,22)23)16(10-13)15-5-3-2-4-14(15)12-24;1-2-4-7-6(3-1)8-5-9-7;/h2-7,10,24H,8-9,11-12H2,1H3;1-4H,5H2;1H4. The number of aliphatic hydroxyl groups excluding tert-OH is 1. The van der Waals surface area contributed by atoms with Crippen LogP contribution in [0.1, 0.15) is 38.3 Å². The minimum atomic E-state index is -4.83. The highest BCUT2D eigenvalue weighted by Gasteiger charge is 2.44. The van der Waals surface area contributed by atoms with Crippen LogP contribution in [0.4, 0.5) is 13.2 Å². The SMILES string of the molecule is C.CC1(C(=O)Cc2ccc(OC(F)(F)F)c(-c3ccccc3CO)c2)CC1.c1ccc2c(c1)OCO2. The Morgan fingerprint density at radius 2 is 1.58 bits per heavy atom. The second-order valence-electron chi connectivity index (χ2n) is 8.71. The number of alkyl halides is 3. The number of carbonyl (C=O) groups excluding carboxylic acids is 1. The number of ether oxygens (including phenoxy) is 3. The quantitative estimate of drug-likeness (QED) is 0.406. The molecular weight excluding hydrogens is 473 g/mol. The van der Waals surface area contributed by atoms with E-state index >= 15 is 0 Å². The van der Waals surface area contributed by atoms with Gasteiger partial charge in [-0.15, -0.1) is 13.2 Å². The number of aliphatic hydroxyl groups is 1. The maximum atomic E-state index is 12.8. The summed E-state index contributed by atoms with van der Waals surface area (Å²) in [7, 11) is 0. The third-order valence-electron chi connectivity index (χ3n) is 6.06. The van der Waals surface area contributed by atoms with E-state index in [0.717, 1.165) is 24.3 Å². The number of rotatable bonds is 6. The second kappa shape index (κ2) is 11.0. The molecule has 1 aliphatic heterocycles. The lowest BCUT2D eigenvalue weighted by atomic mass is 9.93. The molecule has 3 aromatic rings. The molecule has 5 nitrogen and oxygen atoms in total. The van der Waals surface area contributed by atoms with Crippen molar-refractivity contribution < 1.29 is 37.3 Å². The Kier molecular flexibility index (Phi) is 8.30. The van der Waals surface area contributed by atoms with Crippen LogP contribution in [0.15, 0.2) is 66.7 Å². The zero-order chi connectivity index (χ0) is 25.1. The van der Waals surface area contributed by atoms with Crippen LogP contribution in [-0.4, -0.2) is 24.0 Å². The largest absolute Gasteiger partial charge is 0.573 e. The second-order valence-corrected chi connectivity index (χ2v) is 8.71. The van der Waals surface area contributed by atoms with Crippen molar-refractivity contribution in [3.05, 3.63) is 77.9 Å². The number of hydrogen-bond donors (Lipinski definition) is 1. The van der Waals surface area contributed by atoms with Crippen LogP contribution in [0.25, 0.3) is 11.1 Å². The zero-order valence-electron chi connectivity index (χ0n) is 19.1. The molecular formula is C28H29F3O5. The summed E-state index contributed by atoms with van der Waals surface area (Å²) in [5.74, 6) is 1.42. The van der Waals surface area contributed by atoms with E-state index in [0.29, 0.717) is 23.5 Å². The topological polar surface area (TPSA) is 65.0 Å². The van der Waals surface area contributed by atoms with Crippen molar-refractivity contribution in [1.29, 1.82) is 0 Å². The molecule has 1 saturated carbocycles. The number of hydrogen-bond acceptors (Lipinski definition) is 5. The van der Waals surface area contributed by atoms with E-state index in [1.54, 1.807) is 30.3 Å². The summed E-state index contributed by atoms with van der Waals surface area (Å²) in [4.78, 5) is 12.3. The monoisotopic (exact) mass is 502 g/mol. The van der Waals surface area contributed by atoms with Crippen LogP contribution < -0.4 is 14.2 Å². The number of fused-ring (bicyclic) bond motifs is 1. The van der Waals surface area contributed by atoms with E-state index in [9.17, 15) is 23.1 Å². The van der Waals surface area contributed by atoms with E-state index in [-0.39, 0.29) is 43.0 Å². The van der Waals surface area contributed by atoms with Gasteiger partial charge in [0, 0.05) is 17.4 Å². The van der Waals surface area contributed by atoms with Crippen molar-refractivity contribution in [2.75, 3.05) is 6.79 Å². The van der Waals surface area contributed by atoms with Crippen molar-refractivity contribution in [3.8, 4) is 28.4 Å². The Hall–Kier alpha value is -3.52. The van der Waals surface area contributed by atoms with Gasteiger partial charge in [-0.25, -0.2) is 0 Å². The van der Waals surface area contributed by atoms with E-state index < -0.39 is 6.36 Å². The van der Waals surface area contributed by atoms with Gasteiger partial charge < -0.3 is 19.3 Å². The van der Waals surface area contributed by atoms with Crippen molar-refractivity contribution >= 4 is 5.78 Å². The number of carbonyl (C=O) groups is 1. The maximum Gasteiger partial charge on any atom is 0.573 e. The molecule has 36 heavy (non-hydrogen) atoms. The summed E-state index contributed by atoms with van der Waals surface area (Å²) in [5, 5.41) is 9.52. The number of benzene rings is 3. The number of halogens is 3. The Bertz CT molecular complexity index is 1180. The minimum absolute atomic E-state index is 0. The molecule has 0 amide bonds. The molecule has 2 aliphatic rings. The summed E-state index contributed by atoms with van der Waals surface area (Å²) >= 11 is 0. The highest BCUT2D eigenvalue weighted by molar-refractivity contribution is 5.89. The van der Waals surface area contributed by atoms with Crippen LogP contribution in [-0.2, 0) is 17.8 Å². The van der Waals surface area contributed by atoms with Gasteiger partial charge in [0.15, 0.2) is 11.5 Å². The lowest BCUT2D eigenvalue weighted by Crippen LogP contribution is -2.18. The lowest BCUT2D eigenvalue weighted by molar-refractivity contribution is -0.274. The number of para-hydroxylation sites is 2. The molecule has 0 saturated heterocycles. The van der Waals surface area contributed by atoms with Gasteiger partial charge in [-0.1, -0.05) is 56.8 Å². The summed E-state index contributed by atoms with van der Waals surface area (Å²) in [6, 6.07) is 18.5. The fraction of sp³-hybridized carbons (Fsp3) is 0.321. The van der Waals surface area contributed by atoms with Gasteiger partial charge in [-0.3, -0.25) is 4.79 Å². The van der Waals surface area contributed by atoms with Crippen LogP contribution in [0, 0.1) is 5.41 Å². The van der Waals surface area contributed by atoms with E-state index in [1.165, 1.54) is 12.1 Å². The van der Waals surface area contributed by atoms with Crippen molar-refractivity contribution in [3.63, 3.8) is 0 Å². The van der Waals surface area contributed by atoms with Gasteiger partial charge in [0.25, 0.3) is 0 Å². The summed E-state index contributed by atoms with van der Waals surface area (Å²) in [6.45, 7) is 1.95. The molecule has 0 unspecified atom stereocenters. The van der Waals surface area contributed by atoms with E-state index in [4.69, 9.17) is 9.47 Å². The average molecular weight is 503 g/mol. The summed E-state index contributed by atoms with van der Waals surface area (Å²) in [6.07, 6.45) is -2.97. The molecule has 3 aromatic carbocycles. The Labute approximate surface area is 208 Å². The molecule has 1 aliphatic carbocycles. The molecule has 1 fully saturated rings. The first kappa shape index (κ1) is 27.1. The minimum Gasteiger partial charge on any atom is -0.454 e. The van der Waals surface area contributed by atoms with Gasteiger partial charge >= 0.3 is 6.36 Å². The fourth-order valence-corrected chi connectivity index (χ4v) is 3.74. The van der Waals surface area contributed by atoms with E-state index in [2.05, 4.69) is 4.74 Å². The van der Waals surface area contributed by atoms with Crippen LogP contribution >= 0.6 is 0 Å². The van der Waals surface area contributed by atoms with Crippen molar-refractivity contribution in [2.24, 2.45) is 5.41 Å². The molecule has 0 spiro atoms. The average Bonchev–Trinajstić information content (AvgIpc) is 3.41. The first-order chi connectivity index (χ1) is 16.7. The molecule has 5 rings (SSSR count). The van der Waals surface area contributed by atoms with Gasteiger partial charge in [-0.2, -0.15) is 0 Å². The highest BCUT2D eigenvalue weighted by atomic mass is 19.4. The first-order valence-electron chi connectivity index (χ1n) is 11.1. The van der Waals surface area contributed by atoms with Crippen LogP contribution in [0.3, 0.4) is 0 Å². The Morgan fingerprint density at radius 1 is 0.972 bits per heavy atom. The van der Waals surface area contributed by atoms with Gasteiger partial charge in [0.1, 0.15) is 11.5 Å². The molecule has 0 aromatic heterocycles. The van der Waals surface area contributed by atoms with Crippen LogP contribution in [0.5, 0.6) is 17.2 Å². The maximum absolute atomic E-state index is 12.8.